The van der Waals surface area contributed by atoms with Crippen molar-refractivity contribution >= 4 is 5.97 Å². The predicted molar refractivity (Wildman–Crippen MR) is 95.5 cm³/mol. The quantitative estimate of drug-likeness (QED) is 0.771. The monoisotopic (exact) mass is 361 g/mol. The number of fused-ring (bicyclic) bond motifs is 1. The van der Waals surface area contributed by atoms with Crippen LogP contribution >= 0.6 is 0 Å². The zero-order valence-corrected chi connectivity index (χ0v) is 15.9. The number of ether oxygens (including phenoxy) is 4. The molecule has 26 heavy (non-hydrogen) atoms. The second kappa shape index (κ2) is 6.13. The fourth-order valence-corrected chi connectivity index (χ4v) is 5.06. The van der Waals surface area contributed by atoms with E-state index in [1.807, 2.05) is 6.07 Å². The highest BCUT2D eigenvalue weighted by molar-refractivity contribution is 5.76. The smallest absolute Gasteiger partial charge is 0.337 e. The number of nitrogens with zero attached hydrogens (tertiary/aromatic N) is 1. The third kappa shape index (κ3) is 2.50. The first-order valence-corrected chi connectivity index (χ1v) is 9.26. The molecule has 1 spiro atoms. The van der Waals surface area contributed by atoms with Crippen LogP contribution < -0.4 is 9.47 Å². The van der Waals surface area contributed by atoms with E-state index in [9.17, 15) is 4.79 Å². The molecule has 1 saturated carbocycles. The SMILES string of the molecule is COc1ccc([C@]23CCN(C)[C@H]2CC2(CC3)OC(=O)C(C)O2)cc1OC. The minimum atomic E-state index is -0.764. The van der Waals surface area contributed by atoms with Crippen molar-refractivity contribution in [3.63, 3.8) is 0 Å². The molecular weight excluding hydrogens is 334 g/mol. The molecule has 2 unspecified atom stereocenters. The van der Waals surface area contributed by atoms with Gasteiger partial charge in [-0.05, 0) is 51.1 Å². The van der Waals surface area contributed by atoms with Gasteiger partial charge >= 0.3 is 5.97 Å². The van der Waals surface area contributed by atoms with Crippen molar-refractivity contribution in [3.05, 3.63) is 23.8 Å². The van der Waals surface area contributed by atoms with E-state index >= 15 is 0 Å². The predicted octanol–water partition coefficient (Wildman–Crippen LogP) is 2.49. The first kappa shape index (κ1) is 17.6. The van der Waals surface area contributed by atoms with Gasteiger partial charge in [0, 0.05) is 24.3 Å². The second-order valence-corrected chi connectivity index (χ2v) is 7.77. The molecule has 1 aliphatic carbocycles. The Kier molecular flexibility index (Phi) is 4.15. The molecule has 1 aromatic rings. The van der Waals surface area contributed by atoms with E-state index in [-0.39, 0.29) is 17.4 Å². The molecule has 2 aliphatic heterocycles. The van der Waals surface area contributed by atoms with Gasteiger partial charge in [-0.2, -0.15) is 0 Å². The Balaban J connectivity index is 1.69. The number of benzene rings is 1. The number of likely N-dealkylation sites (tertiary alicyclic amines) is 1. The van der Waals surface area contributed by atoms with Crippen LogP contribution in [0.2, 0.25) is 0 Å². The molecular formula is C20H27NO5. The summed E-state index contributed by atoms with van der Waals surface area (Å²) in [5.41, 5.74) is 1.28. The van der Waals surface area contributed by atoms with Crippen LogP contribution in [0, 0.1) is 0 Å². The van der Waals surface area contributed by atoms with Gasteiger partial charge in [-0.15, -0.1) is 0 Å². The van der Waals surface area contributed by atoms with Crippen molar-refractivity contribution in [1.82, 2.24) is 4.90 Å². The van der Waals surface area contributed by atoms with Gasteiger partial charge in [0.2, 0.25) is 5.79 Å². The van der Waals surface area contributed by atoms with Gasteiger partial charge in [0.1, 0.15) is 0 Å². The fraction of sp³-hybridized carbons (Fsp3) is 0.650. The second-order valence-electron chi connectivity index (χ2n) is 7.77. The molecule has 0 N–H and O–H groups in total. The molecule has 4 atom stereocenters. The lowest BCUT2D eigenvalue weighted by atomic mass is 9.64. The minimum absolute atomic E-state index is 0.0150. The Morgan fingerprint density at radius 1 is 1.15 bits per heavy atom. The standard InChI is InChI=1S/C20H27NO5/c1-13-18(22)26-20(25-13)8-7-19(9-10-21(2)17(19)12-20)14-5-6-15(23-3)16(11-14)24-4/h5-6,11,13,17H,7-10,12H2,1-4H3/t13?,17-,19-,20?/m0/s1. The van der Waals surface area contributed by atoms with E-state index < -0.39 is 11.9 Å². The summed E-state index contributed by atoms with van der Waals surface area (Å²) in [6, 6.07) is 6.49. The van der Waals surface area contributed by atoms with Crippen LogP contribution in [0.5, 0.6) is 11.5 Å². The number of carbonyl (C=O) groups excluding carboxylic acids is 1. The Labute approximate surface area is 154 Å². The zero-order valence-electron chi connectivity index (χ0n) is 15.9. The first-order valence-electron chi connectivity index (χ1n) is 9.26. The average molecular weight is 361 g/mol. The fourth-order valence-electron chi connectivity index (χ4n) is 5.06. The van der Waals surface area contributed by atoms with Crippen molar-refractivity contribution in [2.45, 2.75) is 56.0 Å². The maximum absolute atomic E-state index is 11.9. The van der Waals surface area contributed by atoms with E-state index in [1.54, 1.807) is 21.1 Å². The maximum atomic E-state index is 11.9. The molecule has 0 radical (unpaired) electrons. The van der Waals surface area contributed by atoms with E-state index in [4.69, 9.17) is 18.9 Å². The lowest BCUT2D eigenvalue weighted by Gasteiger charge is -2.47. The summed E-state index contributed by atoms with van der Waals surface area (Å²) in [4.78, 5) is 14.3. The van der Waals surface area contributed by atoms with Crippen molar-refractivity contribution in [1.29, 1.82) is 0 Å². The molecule has 1 aromatic carbocycles. The van der Waals surface area contributed by atoms with Crippen LogP contribution in [0.3, 0.4) is 0 Å². The van der Waals surface area contributed by atoms with Crippen LogP contribution in [0.25, 0.3) is 0 Å². The topological polar surface area (TPSA) is 57.2 Å². The van der Waals surface area contributed by atoms with Gasteiger partial charge in [0.15, 0.2) is 17.6 Å². The number of hydrogen-bond donors (Lipinski definition) is 0. The maximum Gasteiger partial charge on any atom is 0.337 e. The van der Waals surface area contributed by atoms with Gasteiger partial charge in [-0.3, -0.25) is 0 Å². The van der Waals surface area contributed by atoms with Gasteiger partial charge in [-0.25, -0.2) is 4.79 Å². The molecule has 0 aromatic heterocycles. The van der Waals surface area contributed by atoms with Crippen molar-refractivity contribution < 1.29 is 23.7 Å². The molecule has 0 bridgehead atoms. The summed E-state index contributed by atoms with van der Waals surface area (Å²) in [5.74, 6) is 0.485. The lowest BCUT2D eigenvalue weighted by molar-refractivity contribution is -0.204. The van der Waals surface area contributed by atoms with Crippen molar-refractivity contribution in [2.24, 2.45) is 0 Å². The van der Waals surface area contributed by atoms with Gasteiger partial charge in [0.05, 0.1) is 14.2 Å². The van der Waals surface area contributed by atoms with E-state index in [2.05, 4.69) is 24.1 Å². The summed E-state index contributed by atoms with van der Waals surface area (Å²) in [6.45, 7) is 2.78. The Hall–Kier alpha value is -1.79. The molecule has 6 nitrogen and oxygen atoms in total. The Bertz CT molecular complexity index is 722. The summed E-state index contributed by atoms with van der Waals surface area (Å²) < 4.78 is 22.6. The number of likely N-dealkylation sites (N-methyl/N-ethyl adjacent to an activating group) is 1. The van der Waals surface area contributed by atoms with Crippen LogP contribution in [0.4, 0.5) is 0 Å². The van der Waals surface area contributed by atoms with Gasteiger partial charge < -0.3 is 23.8 Å². The van der Waals surface area contributed by atoms with Crippen molar-refractivity contribution in [2.75, 3.05) is 27.8 Å². The normalized spacial score (nSPS) is 36.8. The van der Waals surface area contributed by atoms with Crippen molar-refractivity contribution in [3.8, 4) is 11.5 Å². The molecule has 2 heterocycles. The lowest BCUT2D eigenvalue weighted by Crippen LogP contribution is -2.53. The largest absolute Gasteiger partial charge is 0.493 e. The number of hydrogen-bond acceptors (Lipinski definition) is 6. The van der Waals surface area contributed by atoms with Crippen LogP contribution in [0.15, 0.2) is 18.2 Å². The zero-order chi connectivity index (χ0) is 18.5. The minimum Gasteiger partial charge on any atom is -0.493 e. The molecule has 3 fully saturated rings. The van der Waals surface area contributed by atoms with Crippen LogP contribution in [-0.2, 0) is 19.7 Å². The van der Waals surface area contributed by atoms with Gasteiger partial charge in [-0.1, -0.05) is 6.07 Å². The average Bonchev–Trinajstić information content (AvgIpc) is 3.12. The molecule has 6 heteroatoms. The van der Waals surface area contributed by atoms with E-state index in [1.165, 1.54) is 5.56 Å². The van der Waals surface area contributed by atoms with Gasteiger partial charge in [0.25, 0.3) is 0 Å². The molecule has 142 valence electrons. The molecule has 0 amide bonds. The van der Waals surface area contributed by atoms with E-state index in [0.717, 1.165) is 37.3 Å². The number of rotatable bonds is 3. The molecule has 3 aliphatic rings. The van der Waals surface area contributed by atoms with Crippen LogP contribution in [0.1, 0.15) is 38.2 Å². The summed E-state index contributed by atoms with van der Waals surface area (Å²) in [7, 11) is 5.46. The highest BCUT2D eigenvalue weighted by Crippen LogP contribution is 2.54. The van der Waals surface area contributed by atoms with Crippen LogP contribution in [-0.4, -0.2) is 56.6 Å². The Morgan fingerprint density at radius 2 is 1.92 bits per heavy atom. The highest BCUT2D eigenvalue weighted by atomic mass is 16.8. The third-order valence-corrected chi connectivity index (χ3v) is 6.51. The number of carbonyl (C=O) groups is 1. The Morgan fingerprint density at radius 3 is 2.58 bits per heavy atom. The third-order valence-electron chi connectivity index (χ3n) is 6.51. The number of esters is 1. The highest BCUT2D eigenvalue weighted by Gasteiger charge is 2.59. The number of methoxy groups -OCH3 is 2. The summed E-state index contributed by atoms with van der Waals surface area (Å²) in [5, 5.41) is 0. The summed E-state index contributed by atoms with van der Waals surface area (Å²) in [6.07, 6.45) is 2.94. The first-order chi connectivity index (χ1) is 12.4. The molecule has 2 saturated heterocycles. The van der Waals surface area contributed by atoms with E-state index in [0.29, 0.717) is 6.42 Å². The molecule has 4 rings (SSSR count). The summed E-state index contributed by atoms with van der Waals surface area (Å²) >= 11 is 0.